The van der Waals surface area contributed by atoms with Crippen LogP contribution < -0.4 is 10.1 Å². The number of carbonyl (C=O) groups excluding carboxylic acids is 1. The number of carbonyl (C=O) groups is 1. The van der Waals surface area contributed by atoms with E-state index in [-0.39, 0.29) is 11.2 Å². The molecule has 4 rings (SSSR count). The first-order chi connectivity index (χ1) is 13.4. The number of fused-ring (bicyclic) bond motifs is 1. The van der Waals surface area contributed by atoms with Crippen molar-refractivity contribution in [3.63, 3.8) is 0 Å². The molecule has 0 saturated heterocycles. The molecule has 0 bridgehead atoms. The zero-order chi connectivity index (χ0) is 19.7. The Kier molecular flexibility index (Phi) is 5.13. The molecule has 2 unspecified atom stereocenters. The lowest BCUT2D eigenvalue weighted by atomic mass is 10.0. The first kappa shape index (κ1) is 19.0. The van der Waals surface area contributed by atoms with Crippen LogP contribution >= 0.6 is 0 Å². The summed E-state index contributed by atoms with van der Waals surface area (Å²) in [5.41, 5.74) is 3.90. The Balaban J connectivity index is 1.31. The molecule has 2 atom stereocenters. The van der Waals surface area contributed by atoms with Crippen LogP contribution in [-0.4, -0.2) is 23.9 Å². The number of nitrogens with one attached hydrogen (secondary N) is 1. The Morgan fingerprint density at radius 3 is 2.75 bits per heavy atom. The second-order valence-corrected chi connectivity index (χ2v) is 8.82. The SMILES string of the molecule is CC(=O)CC1C(c2ccc(OCCc3ccc4c(n3)NCCC4)cc2)C1(C)C. The molecule has 0 radical (unpaired) electrons. The molecule has 28 heavy (non-hydrogen) atoms. The fourth-order valence-corrected chi connectivity index (χ4v) is 4.65. The third-order valence-corrected chi connectivity index (χ3v) is 6.38. The van der Waals surface area contributed by atoms with E-state index in [4.69, 9.17) is 9.72 Å². The molecule has 0 spiro atoms. The van der Waals surface area contributed by atoms with Crippen molar-refractivity contribution < 1.29 is 9.53 Å². The first-order valence-electron chi connectivity index (χ1n) is 10.4. The minimum Gasteiger partial charge on any atom is -0.493 e. The van der Waals surface area contributed by atoms with Gasteiger partial charge in [-0.15, -0.1) is 0 Å². The summed E-state index contributed by atoms with van der Waals surface area (Å²) in [4.78, 5) is 16.2. The van der Waals surface area contributed by atoms with Crippen molar-refractivity contribution in [3.05, 3.63) is 53.2 Å². The van der Waals surface area contributed by atoms with Crippen LogP contribution in [0.25, 0.3) is 0 Å². The predicted molar refractivity (Wildman–Crippen MR) is 112 cm³/mol. The van der Waals surface area contributed by atoms with Gasteiger partial charge in [-0.05, 0) is 66.3 Å². The van der Waals surface area contributed by atoms with Gasteiger partial charge in [-0.25, -0.2) is 4.98 Å². The number of ether oxygens (including phenoxy) is 1. The highest BCUT2D eigenvalue weighted by molar-refractivity contribution is 5.76. The average Bonchev–Trinajstić information content (AvgIpc) is 3.21. The molecule has 4 heteroatoms. The zero-order valence-electron chi connectivity index (χ0n) is 17.1. The molecule has 0 amide bonds. The van der Waals surface area contributed by atoms with E-state index in [2.05, 4.69) is 55.6 Å². The maximum absolute atomic E-state index is 11.5. The number of hydrogen-bond donors (Lipinski definition) is 1. The van der Waals surface area contributed by atoms with Crippen molar-refractivity contribution in [1.82, 2.24) is 4.98 Å². The Labute approximate surface area is 167 Å². The molecular weight excluding hydrogens is 348 g/mol. The molecule has 1 saturated carbocycles. The van der Waals surface area contributed by atoms with E-state index < -0.39 is 0 Å². The highest BCUT2D eigenvalue weighted by atomic mass is 16.5. The molecule has 1 fully saturated rings. The van der Waals surface area contributed by atoms with Crippen LogP contribution in [0, 0.1) is 11.3 Å². The maximum atomic E-state index is 11.5. The third-order valence-electron chi connectivity index (χ3n) is 6.38. The van der Waals surface area contributed by atoms with Crippen LogP contribution in [0.4, 0.5) is 5.82 Å². The molecule has 2 heterocycles. The largest absolute Gasteiger partial charge is 0.493 e. The Morgan fingerprint density at radius 2 is 2.00 bits per heavy atom. The number of nitrogens with zero attached hydrogens (tertiary/aromatic N) is 1. The summed E-state index contributed by atoms with van der Waals surface area (Å²) in [6.07, 6.45) is 3.77. The standard InChI is InChI=1S/C24H30N2O2/c1-16(27)15-21-22(24(21,2)3)17-7-10-20(11-8-17)28-14-12-19-9-6-18-5-4-13-25-23(18)26-19/h6-11,21-22H,4-5,12-15H2,1-3H3,(H,25,26). The summed E-state index contributed by atoms with van der Waals surface area (Å²) in [6.45, 7) is 7.84. The monoisotopic (exact) mass is 378 g/mol. The van der Waals surface area contributed by atoms with Crippen LogP contribution in [-0.2, 0) is 17.6 Å². The highest BCUT2D eigenvalue weighted by Crippen LogP contribution is 2.65. The quantitative estimate of drug-likeness (QED) is 0.753. The summed E-state index contributed by atoms with van der Waals surface area (Å²) in [6, 6.07) is 12.7. The summed E-state index contributed by atoms with van der Waals surface area (Å²) in [5.74, 6) is 3.14. The molecule has 1 aliphatic carbocycles. The predicted octanol–water partition coefficient (Wildman–Crippen LogP) is 4.78. The van der Waals surface area contributed by atoms with E-state index in [0.717, 1.165) is 36.6 Å². The van der Waals surface area contributed by atoms with E-state index >= 15 is 0 Å². The van der Waals surface area contributed by atoms with Gasteiger partial charge in [0.05, 0.1) is 6.61 Å². The van der Waals surface area contributed by atoms with Gasteiger partial charge in [0.15, 0.2) is 0 Å². The molecule has 4 nitrogen and oxygen atoms in total. The van der Waals surface area contributed by atoms with Crippen molar-refractivity contribution in [3.8, 4) is 5.75 Å². The van der Waals surface area contributed by atoms with Gasteiger partial charge in [-0.3, -0.25) is 0 Å². The zero-order valence-corrected chi connectivity index (χ0v) is 17.1. The number of anilines is 1. The highest BCUT2D eigenvalue weighted by Gasteiger charge is 2.57. The van der Waals surface area contributed by atoms with Gasteiger partial charge in [-0.1, -0.05) is 32.0 Å². The van der Waals surface area contributed by atoms with Crippen molar-refractivity contribution in [2.24, 2.45) is 11.3 Å². The minimum absolute atomic E-state index is 0.209. The van der Waals surface area contributed by atoms with Crippen molar-refractivity contribution in [2.75, 3.05) is 18.5 Å². The van der Waals surface area contributed by atoms with Crippen LogP contribution in [0.2, 0.25) is 0 Å². The molecule has 2 aromatic rings. The molecule has 1 aromatic carbocycles. The second-order valence-electron chi connectivity index (χ2n) is 8.82. The van der Waals surface area contributed by atoms with Gasteiger partial charge in [0.1, 0.15) is 17.4 Å². The lowest BCUT2D eigenvalue weighted by Crippen LogP contribution is -2.14. The summed E-state index contributed by atoms with van der Waals surface area (Å²) in [7, 11) is 0. The van der Waals surface area contributed by atoms with Crippen LogP contribution in [0.3, 0.4) is 0 Å². The smallest absolute Gasteiger partial charge is 0.130 e. The number of ketones is 1. The van der Waals surface area contributed by atoms with Gasteiger partial charge in [0, 0.05) is 25.1 Å². The van der Waals surface area contributed by atoms with E-state index in [1.807, 2.05) is 0 Å². The van der Waals surface area contributed by atoms with Crippen LogP contribution in [0.1, 0.15) is 56.4 Å². The number of pyridine rings is 1. The molecule has 1 N–H and O–H groups in total. The fourth-order valence-electron chi connectivity index (χ4n) is 4.65. The Morgan fingerprint density at radius 1 is 1.21 bits per heavy atom. The van der Waals surface area contributed by atoms with Crippen molar-refractivity contribution in [1.29, 1.82) is 0 Å². The van der Waals surface area contributed by atoms with Gasteiger partial charge in [-0.2, -0.15) is 0 Å². The summed E-state index contributed by atoms with van der Waals surface area (Å²) in [5, 5.41) is 3.38. The van der Waals surface area contributed by atoms with Gasteiger partial charge < -0.3 is 14.8 Å². The molecule has 2 aliphatic rings. The molecule has 1 aromatic heterocycles. The second kappa shape index (κ2) is 7.57. The van der Waals surface area contributed by atoms with Gasteiger partial charge in [0.2, 0.25) is 0 Å². The van der Waals surface area contributed by atoms with Crippen molar-refractivity contribution in [2.45, 2.75) is 52.4 Å². The van der Waals surface area contributed by atoms with Crippen LogP contribution in [0.15, 0.2) is 36.4 Å². The van der Waals surface area contributed by atoms with E-state index in [1.54, 1.807) is 6.92 Å². The fraction of sp³-hybridized carbons (Fsp3) is 0.500. The minimum atomic E-state index is 0.209. The topological polar surface area (TPSA) is 51.2 Å². The lowest BCUT2D eigenvalue weighted by molar-refractivity contribution is -0.117. The number of benzene rings is 1. The van der Waals surface area contributed by atoms with Crippen LogP contribution in [0.5, 0.6) is 5.75 Å². The normalized spacial score (nSPS) is 22.1. The van der Waals surface area contributed by atoms with E-state index in [0.29, 0.717) is 24.9 Å². The average molecular weight is 379 g/mol. The maximum Gasteiger partial charge on any atom is 0.130 e. The number of Topliss-reactive ketones (excluding diaryl/α,β-unsaturated/α-hetero) is 1. The molecule has 1 aliphatic heterocycles. The van der Waals surface area contributed by atoms with E-state index in [9.17, 15) is 4.79 Å². The van der Waals surface area contributed by atoms with Crippen molar-refractivity contribution >= 4 is 11.6 Å². The summed E-state index contributed by atoms with van der Waals surface area (Å²) >= 11 is 0. The number of hydrogen-bond acceptors (Lipinski definition) is 4. The van der Waals surface area contributed by atoms with Gasteiger partial charge in [0.25, 0.3) is 0 Å². The number of aryl methyl sites for hydroxylation is 1. The Bertz CT molecular complexity index is 857. The number of rotatable bonds is 7. The van der Waals surface area contributed by atoms with E-state index in [1.165, 1.54) is 17.5 Å². The van der Waals surface area contributed by atoms with Gasteiger partial charge >= 0.3 is 0 Å². The molecule has 148 valence electrons. The number of aromatic nitrogens is 1. The molecular formula is C24H30N2O2. The lowest BCUT2D eigenvalue weighted by Gasteiger charge is -2.17. The summed E-state index contributed by atoms with van der Waals surface area (Å²) < 4.78 is 5.94. The Hall–Kier alpha value is -2.36. The third kappa shape index (κ3) is 3.91. The first-order valence-corrected chi connectivity index (χ1v) is 10.4.